The van der Waals surface area contributed by atoms with Crippen LogP contribution in [-0.2, 0) is 11.3 Å². The first-order valence-corrected chi connectivity index (χ1v) is 8.29. The number of benzene rings is 1. The molecule has 0 amide bonds. The van der Waals surface area contributed by atoms with E-state index in [4.69, 9.17) is 4.74 Å². The molecule has 2 heteroatoms. The molecule has 0 aromatic heterocycles. The molecule has 2 fully saturated rings. The van der Waals surface area contributed by atoms with Gasteiger partial charge in [0.05, 0.1) is 6.61 Å². The van der Waals surface area contributed by atoms with Gasteiger partial charge in [-0.25, -0.2) is 0 Å². The first-order chi connectivity index (χ1) is 9.93. The third kappa shape index (κ3) is 3.62. The number of likely N-dealkylation sites (tertiary alicyclic amines) is 1. The summed E-state index contributed by atoms with van der Waals surface area (Å²) in [5, 5.41) is 0. The molecule has 1 aromatic carbocycles. The van der Waals surface area contributed by atoms with E-state index in [1.165, 1.54) is 57.2 Å². The van der Waals surface area contributed by atoms with Crippen molar-refractivity contribution in [1.29, 1.82) is 0 Å². The molecule has 0 radical (unpaired) electrons. The summed E-state index contributed by atoms with van der Waals surface area (Å²) in [7, 11) is 0. The van der Waals surface area contributed by atoms with Crippen LogP contribution in [0.1, 0.15) is 44.1 Å². The fourth-order valence-electron chi connectivity index (χ4n) is 3.97. The molecule has 2 aliphatic rings. The van der Waals surface area contributed by atoms with E-state index in [1.807, 2.05) is 0 Å². The lowest BCUT2D eigenvalue weighted by atomic mass is 9.92. The van der Waals surface area contributed by atoms with Gasteiger partial charge in [-0.05, 0) is 50.1 Å². The van der Waals surface area contributed by atoms with Gasteiger partial charge in [0, 0.05) is 19.2 Å². The number of rotatable bonds is 6. The Morgan fingerprint density at radius 1 is 1.05 bits per heavy atom. The van der Waals surface area contributed by atoms with Crippen LogP contribution in [0.2, 0.25) is 0 Å². The zero-order chi connectivity index (χ0) is 13.6. The SMILES string of the molecule is c1ccc(COCCCN2CCC[C@H]3CCC[C@@H]32)cc1. The Morgan fingerprint density at radius 3 is 2.80 bits per heavy atom. The van der Waals surface area contributed by atoms with Crippen molar-refractivity contribution in [3.8, 4) is 0 Å². The molecule has 0 spiro atoms. The second-order valence-corrected chi connectivity index (χ2v) is 6.33. The van der Waals surface area contributed by atoms with Crippen LogP contribution >= 0.6 is 0 Å². The Morgan fingerprint density at radius 2 is 1.90 bits per heavy atom. The van der Waals surface area contributed by atoms with E-state index < -0.39 is 0 Å². The average Bonchev–Trinajstić information content (AvgIpc) is 2.97. The van der Waals surface area contributed by atoms with Gasteiger partial charge < -0.3 is 9.64 Å². The summed E-state index contributed by atoms with van der Waals surface area (Å²) in [5.74, 6) is 1.01. The Hall–Kier alpha value is -0.860. The molecule has 2 atom stereocenters. The summed E-state index contributed by atoms with van der Waals surface area (Å²) < 4.78 is 5.80. The van der Waals surface area contributed by atoms with Gasteiger partial charge >= 0.3 is 0 Å². The first kappa shape index (κ1) is 14.1. The van der Waals surface area contributed by atoms with Crippen LogP contribution in [0, 0.1) is 5.92 Å². The Bertz CT molecular complexity index is 392. The molecular formula is C18H27NO. The van der Waals surface area contributed by atoms with Crippen molar-refractivity contribution in [2.75, 3.05) is 19.7 Å². The van der Waals surface area contributed by atoms with Crippen molar-refractivity contribution >= 4 is 0 Å². The van der Waals surface area contributed by atoms with Gasteiger partial charge in [-0.3, -0.25) is 0 Å². The zero-order valence-corrected chi connectivity index (χ0v) is 12.5. The molecule has 0 N–H and O–H groups in total. The van der Waals surface area contributed by atoms with Gasteiger partial charge in [0.25, 0.3) is 0 Å². The van der Waals surface area contributed by atoms with Gasteiger partial charge in [-0.1, -0.05) is 36.8 Å². The second-order valence-electron chi connectivity index (χ2n) is 6.33. The van der Waals surface area contributed by atoms with E-state index in [2.05, 4.69) is 35.2 Å². The zero-order valence-electron chi connectivity index (χ0n) is 12.5. The van der Waals surface area contributed by atoms with Crippen LogP contribution < -0.4 is 0 Å². The molecule has 110 valence electrons. The van der Waals surface area contributed by atoms with Crippen molar-refractivity contribution in [2.45, 2.75) is 51.2 Å². The summed E-state index contributed by atoms with van der Waals surface area (Å²) in [6, 6.07) is 11.4. The third-order valence-corrected chi connectivity index (χ3v) is 4.95. The predicted molar refractivity (Wildman–Crippen MR) is 82.7 cm³/mol. The van der Waals surface area contributed by atoms with Gasteiger partial charge in [0.2, 0.25) is 0 Å². The summed E-state index contributed by atoms with van der Waals surface area (Å²) >= 11 is 0. The molecule has 1 saturated carbocycles. The minimum atomic E-state index is 0.757. The van der Waals surface area contributed by atoms with Crippen LogP contribution in [0.4, 0.5) is 0 Å². The fraction of sp³-hybridized carbons (Fsp3) is 0.667. The Labute approximate surface area is 123 Å². The van der Waals surface area contributed by atoms with Crippen molar-refractivity contribution in [3.05, 3.63) is 35.9 Å². The lowest BCUT2D eigenvalue weighted by Crippen LogP contribution is -2.43. The second kappa shape index (κ2) is 7.24. The van der Waals surface area contributed by atoms with Crippen LogP contribution in [0.3, 0.4) is 0 Å². The first-order valence-electron chi connectivity index (χ1n) is 8.29. The smallest absolute Gasteiger partial charge is 0.0716 e. The van der Waals surface area contributed by atoms with Crippen molar-refractivity contribution < 1.29 is 4.74 Å². The maximum Gasteiger partial charge on any atom is 0.0716 e. The summed E-state index contributed by atoms with van der Waals surface area (Å²) in [5.41, 5.74) is 1.28. The summed E-state index contributed by atoms with van der Waals surface area (Å²) in [6.45, 7) is 4.20. The van der Waals surface area contributed by atoms with E-state index in [0.717, 1.165) is 25.2 Å². The molecule has 1 saturated heterocycles. The van der Waals surface area contributed by atoms with E-state index in [9.17, 15) is 0 Å². The van der Waals surface area contributed by atoms with Crippen molar-refractivity contribution in [3.63, 3.8) is 0 Å². The molecular weight excluding hydrogens is 246 g/mol. The highest BCUT2D eigenvalue weighted by Gasteiger charge is 2.34. The highest BCUT2D eigenvalue weighted by molar-refractivity contribution is 5.13. The molecule has 0 unspecified atom stereocenters. The molecule has 1 aliphatic heterocycles. The Balaban J connectivity index is 1.33. The largest absolute Gasteiger partial charge is 0.377 e. The quantitative estimate of drug-likeness (QED) is 0.730. The monoisotopic (exact) mass is 273 g/mol. The van der Waals surface area contributed by atoms with Gasteiger partial charge in [0.1, 0.15) is 0 Å². The number of hydrogen-bond acceptors (Lipinski definition) is 2. The number of hydrogen-bond donors (Lipinski definition) is 0. The molecule has 20 heavy (non-hydrogen) atoms. The average molecular weight is 273 g/mol. The molecule has 1 heterocycles. The molecule has 1 aliphatic carbocycles. The van der Waals surface area contributed by atoms with Crippen molar-refractivity contribution in [1.82, 2.24) is 4.90 Å². The summed E-state index contributed by atoms with van der Waals surface area (Å²) in [6.07, 6.45) is 8.44. The van der Waals surface area contributed by atoms with Gasteiger partial charge in [-0.15, -0.1) is 0 Å². The number of ether oxygens (including phenoxy) is 1. The number of fused-ring (bicyclic) bond motifs is 1. The van der Waals surface area contributed by atoms with Crippen molar-refractivity contribution in [2.24, 2.45) is 5.92 Å². The molecule has 1 aromatic rings. The van der Waals surface area contributed by atoms with Gasteiger partial charge in [-0.2, -0.15) is 0 Å². The minimum Gasteiger partial charge on any atom is -0.377 e. The van der Waals surface area contributed by atoms with E-state index in [-0.39, 0.29) is 0 Å². The topological polar surface area (TPSA) is 12.5 Å². The molecule has 2 nitrogen and oxygen atoms in total. The fourth-order valence-corrected chi connectivity index (χ4v) is 3.97. The maximum absolute atomic E-state index is 5.80. The Kier molecular flexibility index (Phi) is 5.10. The highest BCUT2D eigenvalue weighted by Crippen LogP contribution is 2.36. The summed E-state index contributed by atoms with van der Waals surface area (Å²) in [4.78, 5) is 2.74. The standard InChI is InChI=1S/C18H27NO/c1-2-7-16(8-3-1)15-20-14-6-13-19-12-5-10-17-9-4-11-18(17)19/h1-3,7-8,17-18H,4-6,9-15H2/t17-,18+/m1/s1. The maximum atomic E-state index is 5.80. The lowest BCUT2D eigenvalue weighted by Gasteiger charge is -2.37. The third-order valence-electron chi connectivity index (χ3n) is 4.95. The van der Waals surface area contributed by atoms with Crippen LogP contribution in [0.5, 0.6) is 0 Å². The van der Waals surface area contributed by atoms with E-state index >= 15 is 0 Å². The molecule has 3 rings (SSSR count). The van der Waals surface area contributed by atoms with Crippen LogP contribution in [0.15, 0.2) is 30.3 Å². The number of piperidine rings is 1. The highest BCUT2D eigenvalue weighted by atomic mass is 16.5. The lowest BCUT2D eigenvalue weighted by molar-refractivity contribution is 0.0783. The van der Waals surface area contributed by atoms with E-state index in [0.29, 0.717) is 0 Å². The number of nitrogens with zero attached hydrogens (tertiary/aromatic N) is 1. The molecule has 0 bridgehead atoms. The van der Waals surface area contributed by atoms with Gasteiger partial charge in [0.15, 0.2) is 0 Å². The normalized spacial score (nSPS) is 26.6. The van der Waals surface area contributed by atoms with Crippen LogP contribution in [-0.4, -0.2) is 30.6 Å². The van der Waals surface area contributed by atoms with E-state index in [1.54, 1.807) is 0 Å². The predicted octanol–water partition coefficient (Wildman–Crippen LogP) is 3.86. The minimum absolute atomic E-state index is 0.757. The van der Waals surface area contributed by atoms with Crippen LogP contribution in [0.25, 0.3) is 0 Å².